The van der Waals surface area contributed by atoms with Gasteiger partial charge in [0.2, 0.25) is 0 Å². The van der Waals surface area contributed by atoms with Gasteiger partial charge >= 0.3 is 0 Å². The summed E-state index contributed by atoms with van der Waals surface area (Å²) in [4.78, 5) is 13.1. The molecule has 0 bridgehead atoms. The van der Waals surface area contributed by atoms with E-state index in [9.17, 15) is 4.79 Å². The molecule has 1 aromatic heterocycles. The zero-order valence-corrected chi connectivity index (χ0v) is 13.2. The molecule has 0 unspecified atom stereocenters. The van der Waals surface area contributed by atoms with E-state index in [0.717, 1.165) is 18.6 Å². The van der Waals surface area contributed by atoms with Crippen molar-refractivity contribution in [1.82, 2.24) is 0 Å². The SMILES string of the molecule is O=Cc1ccc(CN2C/C(=C\c3ccccc3)c3ccccc32)o1. The van der Waals surface area contributed by atoms with E-state index in [1.54, 1.807) is 6.07 Å². The Hall–Kier alpha value is -3.07. The first-order valence-corrected chi connectivity index (χ1v) is 7.97. The van der Waals surface area contributed by atoms with Crippen molar-refractivity contribution in [3.8, 4) is 0 Å². The molecule has 0 saturated heterocycles. The number of rotatable bonds is 4. The average molecular weight is 315 g/mol. The number of fused-ring (bicyclic) bond motifs is 1. The number of carbonyl (C=O) groups excluding carboxylic acids is 1. The lowest BCUT2D eigenvalue weighted by atomic mass is 10.0. The van der Waals surface area contributed by atoms with Crippen LogP contribution in [0.3, 0.4) is 0 Å². The number of para-hydroxylation sites is 1. The molecule has 0 spiro atoms. The maximum absolute atomic E-state index is 10.8. The Morgan fingerprint density at radius 2 is 1.75 bits per heavy atom. The molecular formula is C21H17NO2. The molecule has 3 heteroatoms. The minimum absolute atomic E-state index is 0.373. The predicted molar refractivity (Wildman–Crippen MR) is 95.9 cm³/mol. The molecule has 0 amide bonds. The third kappa shape index (κ3) is 2.76. The van der Waals surface area contributed by atoms with E-state index in [0.29, 0.717) is 12.3 Å². The molecule has 0 saturated carbocycles. The lowest BCUT2D eigenvalue weighted by Gasteiger charge is -2.17. The summed E-state index contributed by atoms with van der Waals surface area (Å²) in [6.45, 7) is 1.47. The molecule has 4 rings (SSSR count). The van der Waals surface area contributed by atoms with Gasteiger partial charge in [-0.05, 0) is 35.4 Å². The zero-order valence-electron chi connectivity index (χ0n) is 13.2. The van der Waals surface area contributed by atoms with E-state index in [1.165, 1.54) is 22.4 Å². The average Bonchev–Trinajstić information content (AvgIpc) is 3.22. The van der Waals surface area contributed by atoms with Gasteiger partial charge in [-0.1, -0.05) is 48.5 Å². The maximum atomic E-state index is 10.8. The van der Waals surface area contributed by atoms with Crippen molar-refractivity contribution in [2.75, 3.05) is 11.4 Å². The van der Waals surface area contributed by atoms with Crippen molar-refractivity contribution in [2.24, 2.45) is 0 Å². The standard InChI is InChI=1S/C21H17NO2/c23-15-19-11-10-18(24-19)14-22-13-17(12-16-6-2-1-3-7-16)20-8-4-5-9-21(20)22/h1-12,15H,13-14H2/b17-12+. The Labute approximate surface area is 140 Å². The van der Waals surface area contributed by atoms with Gasteiger partial charge < -0.3 is 9.32 Å². The first-order chi connectivity index (χ1) is 11.8. The van der Waals surface area contributed by atoms with Gasteiger partial charge in [0.15, 0.2) is 12.0 Å². The third-order valence-electron chi connectivity index (χ3n) is 4.24. The molecule has 0 fully saturated rings. The number of hydrogen-bond donors (Lipinski definition) is 0. The van der Waals surface area contributed by atoms with Gasteiger partial charge in [0.05, 0.1) is 6.54 Å². The summed E-state index contributed by atoms with van der Waals surface area (Å²) in [7, 11) is 0. The van der Waals surface area contributed by atoms with E-state index in [4.69, 9.17) is 4.42 Å². The third-order valence-corrected chi connectivity index (χ3v) is 4.24. The van der Waals surface area contributed by atoms with Crippen LogP contribution in [0.2, 0.25) is 0 Å². The second-order valence-electron chi connectivity index (χ2n) is 5.88. The van der Waals surface area contributed by atoms with Crippen molar-refractivity contribution in [2.45, 2.75) is 6.54 Å². The fourth-order valence-corrected chi connectivity index (χ4v) is 3.14. The zero-order chi connectivity index (χ0) is 16.4. The quantitative estimate of drug-likeness (QED) is 0.657. The Morgan fingerprint density at radius 3 is 2.54 bits per heavy atom. The van der Waals surface area contributed by atoms with Crippen molar-refractivity contribution < 1.29 is 9.21 Å². The van der Waals surface area contributed by atoms with E-state index in [2.05, 4.69) is 59.5 Å². The second-order valence-corrected chi connectivity index (χ2v) is 5.88. The van der Waals surface area contributed by atoms with Gasteiger partial charge in [-0.15, -0.1) is 0 Å². The van der Waals surface area contributed by atoms with Gasteiger partial charge in [-0.3, -0.25) is 4.79 Å². The highest BCUT2D eigenvalue weighted by molar-refractivity contribution is 5.93. The Bertz CT molecular complexity index is 893. The molecule has 1 aliphatic heterocycles. The highest BCUT2D eigenvalue weighted by Gasteiger charge is 2.23. The molecular weight excluding hydrogens is 298 g/mol. The Balaban J connectivity index is 1.66. The number of hydrogen-bond acceptors (Lipinski definition) is 3. The molecule has 3 aromatic rings. The topological polar surface area (TPSA) is 33.5 Å². The van der Waals surface area contributed by atoms with Crippen LogP contribution in [-0.2, 0) is 6.54 Å². The van der Waals surface area contributed by atoms with Gasteiger partial charge in [-0.2, -0.15) is 0 Å². The molecule has 2 heterocycles. The number of aldehydes is 1. The smallest absolute Gasteiger partial charge is 0.185 e. The number of carbonyl (C=O) groups is 1. The van der Waals surface area contributed by atoms with Gasteiger partial charge in [-0.25, -0.2) is 0 Å². The van der Waals surface area contributed by atoms with Gasteiger partial charge in [0.25, 0.3) is 0 Å². The van der Waals surface area contributed by atoms with Crippen LogP contribution in [0.4, 0.5) is 5.69 Å². The van der Waals surface area contributed by atoms with Crippen molar-refractivity contribution in [1.29, 1.82) is 0 Å². The van der Waals surface area contributed by atoms with E-state index < -0.39 is 0 Å². The van der Waals surface area contributed by atoms with Crippen LogP contribution in [0.1, 0.15) is 27.4 Å². The van der Waals surface area contributed by atoms with Crippen molar-refractivity contribution in [3.05, 3.63) is 89.4 Å². The molecule has 0 atom stereocenters. The van der Waals surface area contributed by atoms with E-state index >= 15 is 0 Å². The van der Waals surface area contributed by atoms with Crippen molar-refractivity contribution in [3.63, 3.8) is 0 Å². The molecule has 0 aliphatic carbocycles. The highest BCUT2D eigenvalue weighted by atomic mass is 16.3. The van der Waals surface area contributed by atoms with E-state index in [1.807, 2.05) is 12.1 Å². The van der Waals surface area contributed by atoms with Crippen LogP contribution < -0.4 is 4.90 Å². The van der Waals surface area contributed by atoms with Crippen LogP contribution in [0.15, 0.2) is 71.1 Å². The molecule has 24 heavy (non-hydrogen) atoms. The minimum atomic E-state index is 0.373. The molecule has 1 aliphatic rings. The van der Waals surface area contributed by atoms with Crippen LogP contribution in [-0.4, -0.2) is 12.8 Å². The Kier molecular flexibility index (Phi) is 3.75. The molecule has 0 N–H and O–H groups in total. The summed E-state index contributed by atoms with van der Waals surface area (Å²) in [5.74, 6) is 1.17. The number of nitrogens with zero attached hydrogens (tertiary/aromatic N) is 1. The fourth-order valence-electron chi connectivity index (χ4n) is 3.14. The lowest BCUT2D eigenvalue weighted by Crippen LogP contribution is -2.18. The summed E-state index contributed by atoms with van der Waals surface area (Å²) in [6.07, 6.45) is 2.97. The summed E-state index contributed by atoms with van der Waals surface area (Å²) in [5, 5.41) is 0. The monoisotopic (exact) mass is 315 g/mol. The summed E-state index contributed by atoms with van der Waals surface area (Å²) >= 11 is 0. The Morgan fingerprint density at radius 1 is 0.958 bits per heavy atom. The second kappa shape index (κ2) is 6.20. The molecule has 3 nitrogen and oxygen atoms in total. The van der Waals surface area contributed by atoms with Crippen LogP contribution in [0, 0.1) is 0 Å². The highest BCUT2D eigenvalue weighted by Crippen LogP contribution is 2.37. The predicted octanol–water partition coefficient (Wildman–Crippen LogP) is 4.65. The van der Waals surface area contributed by atoms with Crippen LogP contribution >= 0.6 is 0 Å². The first-order valence-electron chi connectivity index (χ1n) is 7.97. The maximum Gasteiger partial charge on any atom is 0.185 e. The number of furan rings is 1. The summed E-state index contributed by atoms with van der Waals surface area (Å²) < 4.78 is 5.53. The number of benzene rings is 2. The summed E-state index contributed by atoms with van der Waals surface area (Å²) in [6, 6.07) is 22.3. The largest absolute Gasteiger partial charge is 0.456 e. The van der Waals surface area contributed by atoms with E-state index in [-0.39, 0.29) is 0 Å². The van der Waals surface area contributed by atoms with Gasteiger partial charge in [0, 0.05) is 17.8 Å². The van der Waals surface area contributed by atoms with Gasteiger partial charge in [0.1, 0.15) is 5.76 Å². The van der Waals surface area contributed by atoms with Crippen LogP contribution in [0.5, 0.6) is 0 Å². The van der Waals surface area contributed by atoms with Crippen LogP contribution in [0.25, 0.3) is 11.6 Å². The molecule has 0 radical (unpaired) electrons. The fraction of sp³-hybridized carbons (Fsp3) is 0.0952. The lowest BCUT2D eigenvalue weighted by molar-refractivity contribution is 0.109. The summed E-state index contributed by atoms with van der Waals surface area (Å²) in [5.41, 5.74) is 4.94. The molecule has 118 valence electrons. The first kappa shape index (κ1) is 14.5. The van der Waals surface area contributed by atoms with Crippen molar-refractivity contribution >= 4 is 23.6 Å². The number of anilines is 1. The molecule has 2 aromatic carbocycles. The minimum Gasteiger partial charge on any atom is -0.456 e. The normalized spacial score (nSPS) is 14.8.